The topological polar surface area (TPSA) is 81.3 Å². The summed E-state index contributed by atoms with van der Waals surface area (Å²) in [5.74, 6) is -0.514. The highest BCUT2D eigenvalue weighted by molar-refractivity contribution is 7.92. The van der Waals surface area contributed by atoms with Crippen LogP contribution in [0.4, 0.5) is 5.69 Å². The molecule has 0 amide bonds. The SMILES string of the molecule is CCn1c(=O)oc2cc(S(=O)(=O)Nc3ccc(C)c(Cl)c3)ccc21. The molecule has 0 fully saturated rings. The van der Waals surface area contributed by atoms with E-state index in [1.807, 2.05) is 13.8 Å². The van der Waals surface area contributed by atoms with Crippen molar-refractivity contribution in [2.45, 2.75) is 25.3 Å². The van der Waals surface area contributed by atoms with Gasteiger partial charge < -0.3 is 4.42 Å². The zero-order valence-electron chi connectivity index (χ0n) is 13.0. The standard InChI is InChI=1S/C16H15ClN2O4S/c1-3-19-14-7-6-12(9-15(14)23-16(19)20)24(21,22)18-11-5-4-10(2)13(17)8-11/h4-9,18H,3H2,1-2H3. The molecule has 6 nitrogen and oxygen atoms in total. The number of oxazole rings is 1. The number of hydrogen-bond acceptors (Lipinski definition) is 4. The minimum absolute atomic E-state index is 0.00343. The zero-order valence-corrected chi connectivity index (χ0v) is 14.6. The fourth-order valence-corrected chi connectivity index (χ4v) is 3.63. The van der Waals surface area contributed by atoms with Crippen molar-refractivity contribution in [3.8, 4) is 0 Å². The van der Waals surface area contributed by atoms with Crippen molar-refractivity contribution in [3.05, 3.63) is 57.5 Å². The molecule has 0 bridgehead atoms. The van der Waals surface area contributed by atoms with Crippen LogP contribution in [0.1, 0.15) is 12.5 Å². The van der Waals surface area contributed by atoms with Crippen LogP contribution in [-0.2, 0) is 16.6 Å². The Morgan fingerprint density at radius 2 is 1.96 bits per heavy atom. The summed E-state index contributed by atoms with van der Waals surface area (Å²) < 4.78 is 34.0. The first-order chi connectivity index (χ1) is 11.3. The maximum absolute atomic E-state index is 12.5. The average molecular weight is 367 g/mol. The van der Waals surface area contributed by atoms with E-state index in [2.05, 4.69) is 4.72 Å². The molecule has 3 aromatic rings. The lowest BCUT2D eigenvalue weighted by Gasteiger charge is -2.09. The van der Waals surface area contributed by atoms with Crippen molar-refractivity contribution >= 4 is 38.4 Å². The molecular weight excluding hydrogens is 352 g/mol. The molecule has 0 aliphatic carbocycles. The van der Waals surface area contributed by atoms with Gasteiger partial charge in [-0.3, -0.25) is 9.29 Å². The van der Waals surface area contributed by atoms with E-state index in [9.17, 15) is 13.2 Å². The smallest absolute Gasteiger partial charge is 0.408 e. The third-order valence-corrected chi connectivity index (χ3v) is 5.48. The lowest BCUT2D eigenvalue weighted by Crippen LogP contribution is -2.13. The third kappa shape index (κ3) is 2.92. The summed E-state index contributed by atoms with van der Waals surface area (Å²) in [6, 6.07) is 9.22. The van der Waals surface area contributed by atoms with E-state index in [1.165, 1.54) is 16.7 Å². The normalized spacial score (nSPS) is 11.8. The summed E-state index contributed by atoms with van der Waals surface area (Å²) >= 11 is 6.02. The quantitative estimate of drug-likeness (QED) is 0.767. The number of nitrogens with one attached hydrogen (secondary N) is 1. The summed E-state index contributed by atoms with van der Waals surface area (Å²) in [5.41, 5.74) is 1.99. The molecule has 0 spiro atoms. The van der Waals surface area contributed by atoms with Crippen LogP contribution in [0.5, 0.6) is 0 Å². The first kappa shape index (κ1) is 16.6. The van der Waals surface area contributed by atoms with Gasteiger partial charge in [0.2, 0.25) is 0 Å². The highest BCUT2D eigenvalue weighted by atomic mass is 35.5. The number of halogens is 1. The van der Waals surface area contributed by atoms with E-state index in [-0.39, 0.29) is 10.5 Å². The molecule has 24 heavy (non-hydrogen) atoms. The summed E-state index contributed by atoms with van der Waals surface area (Å²) in [7, 11) is -3.82. The second kappa shape index (κ2) is 5.99. The number of fused-ring (bicyclic) bond motifs is 1. The number of sulfonamides is 1. The van der Waals surface area contributed by atoms with Gasteiger partial charge in [-0.1, -0.05) is 17.7 Å². The second-order valence-corrected chi connectivity index (χ2v) is 7.40. The first-order valence-corrected chi connectivity index (χ1v) is 9.10. The Labute approximate surface area is 143 Å². The van der Waals surface area contributed by atoms with Gasteiger partial charge in [-0.2, -0.15) is 0 Å². The monoisotopic (exact) mass is 366 g/mol. The van der Waals surface area contributed by atoms with Gasteiger partial charge in [-0.15, -0.1) is 0 Å². The molecule has 0 atom stereocenters. The van der Waals surface area contributed by atoms with Gasteiger partial charge in [-0.25, -0.2) is 13.2 Å². The van der Waals surface area contributed by atoms with Gasteiger partial charge in [0.1, 0.15) is 0 Å². The Hall–Kier alpha value is -2.25. The van der Waals surface area contributed by atoms with Crippen molar-refractivity contribution < 1.29 is 12.8 Å². The average Bonchev–Trinajstić information content (AvgIpc) is 2.84. The van der Waals surface area contributed by atoms with Crippen LogP contribution >= 0.6 is 11.6 Å². The first-order valence-electron chi connectivity index (χ1n) is 7.24. The van der Waals surface area contributed by atoms with E-state index in [1.54, 1.807) is 24.3 Å². The van der Waals surface area contributed by atoms with E-state index >= 15 is 0 Å². The largest absolute Gasteiger partial charge is 0.419 e. The molecule has 0 unspecified atom stereocenters. The number of rotatable bonds is 4. The highest BCUT2D eigenvalue weighted by Crippen LogP contribution is 2.24. The Morgan fingerprint density at radius 1 is 1.21 bits per heavy atom. The van der Waals surface area contributed by atoms with Gasteiger partial charge in [0, 0.05) is 17.6 Å². The van der Waals surface area contributed by atoms with Crippen LogP contribution in [0.15, 0.2) is 50.5 Å². The highest BCUT2D eigenvalue weighted by Gasteiger charge is 2.18. The van der Waals surface area contributed by atoms with Crippen LogP contribution < -0.4 is 10.5 Å². The minimum atomic E-state index is -3.82. The fraction of sp³-hybridized carbons (Fsp3) is 0.188. The molecule has 1 N–H and O–H groups in total. The van der Waals surface area contributed by atoms with Crippen LogP contribution in [0.25, 0.3) is 11.1 Å². The number of benzene rings is 2. The molecule has 1 heterocycles. The molecule has 2 aromatic carbocycles. The van der Waals surface area contributed by atoms with Crippen LogP contribution in [-0.4, -0.2) is 13.0 Å². The van der Waals surface area contributed by atoms with Crippen molar-refractivity contribution in [2.75, 3.05) is 4.72 Å². The Kier molecular flexibility index (Phi) is 4.15. The maximum atomic E-state index is 12.5. The molecule has 126 valence electrons. The van der Waals surface area contributed by atoms with Crippen LogP contribution in [0.3, 0.4) is 0 Å². The Bertz CT molecular complexity index is 1080. The van der Waals surface area contributed by atoms with Gasteiger partial charge in [0.05, 0.1) is 16.1 Å². The van der Waals surface area contributed by atoms with Gasteiger partial charge in [-0.05, 0) is 43.7 Å². The van der Waals surface area contributed by atoms with E-state index in [0.29, 0.717) is 22.8 Å². The van der Waals surface area contributed by atoms with Gasteiger partial charge >= 0.3 is 5.76 Å². The fourth-order valence-electron chi connectivity index (χ4n) is 2.38. The Balaban J connectivity index is 2.01. The van der Waals surface area contributed by atoms with Gasteiger partial charge in [0.25, 0.3) is 10.0 Å². The Morgan fingerprint density at radius 3 is 2.62 bits per heavy atom. The van der Waals surface area contributed by atoms with Crippen molar-refractivity contribution in [2.24, 2.45) is 0 Å². The van der Waals surface area contributed by atoms with Crippen molar-refractivity contribution in [1.29, 1.82) is 0 Å². The predicted molar refractivity (Wildman–Crippen MR) is 93.1 cm³/mol. The molecule has 0 saturated heterocycles. The number of nitrogens with zero attached hydrogens (tertiary/aromatic N) is 1. The lowest BCUT2D eigenvalue weighted by atomic mass is 10.2. The van der Waals surface area contributed by atoms with E-state index in [4.69, 9.17) is 16.0 Å². The lowest BCUT2D eigenvalue weighted by molar-refractivity contribution is 0.512. The zero-order chi connectivity index (χ0) is 17.5. The maximum Gasteiger partial charge on any atom is 0.419 e. The molecule has 0 aliphatic rings. The van der Waals surface area contributed by atoms with E-state index in [0.717, 1.165) is 5.56 Å². The molecule has 0 saturated carbocycles. The third-order valence-electron chi connectivity index (χ3n) is 3.69. The van der Waals surface area contributed by atoms with Crippen LogP contribution in [0, 0.1) is 6.92 Å². The van der Waals surface area contributed by atoms with Crippen molar-refractivity contribution in [1.82, 2.24) is 4.57 Å². The number of aryl methyl sites for hydroxylation is 2. The molecule has 0 radical (unpaired) electrons. The molecule has 3 rings (SSSR count). The van der Waals surface area contributed by atoms with E-state index < -0.39 is 15.8 Å². The molecule has 1 aromatic heterocycles. The number of aromatic nitrogens is 1. The molecular formula is C16H15ClN2O4S. The minimum Gasteiger partial charge on any atom is -0.408 e. The van der Waals surface area contributed by atoms with Crippen LogP contribution in [0.2, 0.25) is 5.02 Å². The number of hydrogen-bond donors (Lipinski definition) is 1. The second-order valence-electron chi connectivity index (χ2n) is 5.31. The summed E-state index contributed by atoms with van der Waals surface area (Å²) in [5, 5.41) is 0.469. The van der Waals surface area contributed by atoms with Crippen molar-refractivity contribution in [3.63, 3.8) is 0 Å². The summed E-state index contributed by atoms with van der Waals surface area (Å²) in [6.45, 7) is 4.08. The summed E-state index contributed by atoms with van der Waals surface area (Å²) in [6.07, 6.45) is 0. The summed E-state index contributed by atoms with van der Waals surface area (Å²) in [4.78, 5) is 11.7. The van der Waals surface area contributed by atoms with Gasteiger partial charge in [0.15, 0.2) is 5.58 Å². The number of anilines is 1. The molecule has 8 heteroatoms. The predicted octanol–water partition coefficient (Wildman–Crippen LogP) is 3.38. The molecule has 0 aliphatic heterocycles.